The van der Waals surface area contributed by atoms with Gasteiger partial charge in [0.1, 0.15) is 12.4 Å². The van der Waals surface area contributed by atoms with E-state index in [1.54, 1.807) is 6.08 Å². The molecule has 0 unspecified atom stereocenters. The third kappa shape index (κ3) is 3.01. The van der Waals surface area contributed by atoms with E-state index < -0.39 is 5.91 Å². The molecule has 1 aromatic heterocycles. The topological polar surface area (TPSA) is 68.1 Å². The lowest BCUT2D eigenvalue weighted by Gasteiger charge is -2.08. The summed E-state index contributed by atoms with van der Waals surface area (Å²) in [5.41, 5.74) is 8.09. The lowest BCUT2D eigenvalue weighted by molar-refractivity contribution is -0.113. The van der Waals surface area contributed by atoms with Crippen LogP contribution >= 0.6 is 0 Å². The maximum atomic E-state index is 10.9. The number of hydrogen-bond acceptors (Lipinski definition) is 2. The molecule has 0 aliphatic heterocycles. The van der Waals surface area contributed by atoms with E-state index in [9.17, 15) is 4.79 Å². The lowest BCUT2D eigenvalue weighted by atomic mass is 10.1. The number of aromatic amines is 1. The number of amides is 1. The molecule has 0 radical (unpaired) electrons. The smallest absolute Gasteiger partial charge is 0.241 e. The van der Waals surface area contributed by atoms with E-state index in [1.807, 2.05) is 54.7 Å². The summed E-state index contributed by atoms with van der Waals surface area (Å²) in [4.78, 5) is 14.1. The third-order valence-electron chi connectivity index (χ3n) is 3.36. The first-order valence-electron chi connectivity index (χ1n) is 6.98. The Morgan fingerprint density at radius 2 is 1.95 bits per heavy atom. The Hall–Kier alpha value is -3.01. The molecule has 0 saturated carbocycles. The molecule has 0 fully saturated rings. The van der Waals surface area contributed by atoms with Crippen molar-refractivity contribution in [2.45, 2.75) is 6.61 Å². The Morgan fingerprint density at radius 1 is 1.14 bits per heavy atom. The zero-order valence-electron chi connectivity index (χ0n) is 12.0. The van der Waals surface area contributed by atoms with Gasteiger partial charge in [-0.3, -0.25) is 4.79 Å². The Labute approximate surface area is 128 Å². The molecule has 3 rings (SSSR count). The second kappa shape index (κ2) is 6.18. The van der Waals surface area contributed by atoms with Gasteiger partial charge in [-0.1, -0.05) is 36.4 Å². The first-order valence-corrected chi connectivity index (χ1v) is 6.98. The number of aromatic nitrogens is 1. The standard InChI is InChI=1S/C18H16N2O2/c19-17(21)10-9-14-11-20-15-7-4-8-16(18(14)15)22-12-13-5-2-1-3-6-13/h1-11,20H,12H2,(H2,19,21)/b10-9-. The van der Waals surface area contributed by atoms with Crippen LogP contribution in [0, 0.1) is 0 Å². The quantitative estimate of drug-likeness (QED) is 0.709. The number of ether oxygens (including phenoxy) is 1. The van der Waals surface area contributed by atoms with Crippen LogP contribution in [0.1, 0.15) is 11.1 Å². The van der Waals surface area contributed by atoms with Crippen LogP contribution < -0.4 is 10.5 Å². The van der Waals surface area contributed by atoms with Crippen molar-refractivity contribution in [1.82, 2.24) is 4.98 Å². The van der Waals surface area contributed by atoms with Gasteiger partial charge in [-0.2, -0.15) is 0 Å². The summed E-state index contributed by atoms with van der Waals surface area (Å²) in [6, 6.07) is 15.8. The fourth-order valence-electron chi connectivity index (χ4n) is 2.34. The summed E-state index contributed by atoms with van der Waals surface area (Å²) < 4.78 is 5.94. The Balaban J connectivity index is 1.91. The molecule has 4 heteroatoms. The number of H-pyrrole nitrogens is 1. The van der Waals surface area contributed by atoms with E-state index in [2.05, 4.69) is 4.98 Å². The maximum absolute atomic E-state index is 10.9. The predicted octanol–water partition coefficient (Wildman–Crippen LogP) is 3.25. The van der Waals surface area contributed by atoms with Gasteiger partial charge in [0.05, 0.1) is 0 Å². The van der Waals surface area contributed by atoms with Crippen molar-refractivity contribution >= 4 is 22.9 Å². The first kappa shape index (κ1) is 13.9. The number of nitrogens with two attached hydrogens (primary N) is 1. The van der Waals surface area contributed by atoms with Crippen molar-refractivity contribution in [2.24, 2.45) is 5.73 Å². The number of hydrogen-bond donors (Lipinski definition) is 2. The van der Waals surface area contributed by atoms with E-state index >= 15 is 0 Å². The van der Waals surface area contributed by atoms with Crippen LogP contribution in [0.4, 0.5) is 0 Å². The molecule has 22 heavy (non-hydrogen) atoms. The Bertz CT molecular complexity index is 819. The van der Waals surface area contributed by atoms with E-state index in [1.165, 1.54) is 6.08 Å². The fraction of sp³-hybridized carbons (Fsp3) is 0.0556. The molecule has 0 spiro atoms. The minimum absolute atomic E-state index is 0.475. The predicted molar refractivity (Wildman–Crippen MR) is 87.3 cm³/mol. The molecule has 1 amide bonds. The second-order valence-corrected chi connectivity index (χ2v) is 4.93. The highest BCUT2D eigenvalue weighted by Crippen LogP contribution is 2.30. The van der Waals surface area contributed by atoms with Crippen molar-refractivity contribution in [1.29, 1.82) is 0 Å². The summed E-state index contributed by atoms with van der Waals surface area (Å²) in [5, 5.41) is 0.941. The summed E-state index contributed by atoms with van der Waals surface area (Å²) in [5.74, 6) is 0.295. The van der Waals surface area contributed by atoms with Crippen LogP contribution in [0.2, 0.25) is 0 Å². The molecule has 0 aliphatic rings. The number of primary amides is 1. The van der Waals surface area contributed by atoms with Crippen molar-refractivity contribution in [3.8, 4) is 5.75 Å². The van der Waals surface area contributed by atoms with Gasteiger partial charge in [-0.25, -0.2) is 0 Å². The highest BCUT2D eigenvalue weighted by molar-refractivity contribution is 5.98. The Kier molecular flexibility index (Phi) is 3.92. The monoisotopic (exact) mass is 292 g/mol. The van der Waals surface area contributed by atoms with E-state index in [0.717, 1.165) is 27.8 Å². The van der Waals surface area contributed by atoms with Gasteiger partial charge in [-0.05, 0) is 23.8 Å². The minimum Gasteiger partial charge on any atom is -0.488 e. The number of benzene rings is 2. The lowest BCUT2D eigenvalue weighted by Crippen LogP contribution is -2.05. The number of rotatable bonds is 5. The van der Waals surface area contributed by atoms with Crippen LogP contribution in [0.15, 0.2) is 60.8 Å². The molecule has 3 N–H and O–H groups in total. The molecule has 2 aromatic carbocycles. The van der Waals surface area contributed by atoms with E-state index in [-0.39, 0.29) is 0 Å². The van der Waals surface area contributed by atoms with Crippen molar-refractivity contribution in [3.63, 3.8) is 0 Å². The van der Waals surface area contributed by atoms with Crippen LogP contribution in [0.25, 0.3) is 17.0 Å². The minimum atomic E-state index is -0.475. The summed E-state index contributed by atoms with van der Waals surface area (Å²) >= 11 is 0. The summed E-state index contributed by atoms with van der Waals surface area (Å²) in [6.07, 6.45) is 4.87. The fourth-order valence-corrected chi connectivity index (χ4v) is 2.34. The zero-order chi connectivity index (χ0) is 15.4. The second-order valence-electron chi connectivity index (χ2n) is 4.93. The average molecular weight is 292 g/mol. The van der Waals surface area contributed by atoms with Gasteiger partial charge >= 0.3 is 0 Å². The number of carbonyl (C=O) groups excluding carboxylic acids is 1. The molecular weight excluding hydrogens is 276 g/mol. The SMILES string of the molecule is NC(=O)/C=C\c1c[nH]c2cccc(OCc3ccccc3)c12. The summed E-state index contributed by atoms with van der Waals surface area (Å²) in [6.45, 7) is 0.490. The normalized spacial score (nSPS) is 11.1. The van der Waals surface area contributed by atoms with Crippen molar-refractivity contribution in [3.05, 3.63) is 71.9 Å². The van der Waals surface area contributed by atoms with Gasteiger partial charge in [0, 0.05) is 28.7 Å². The van der Waals surface area contributed by atoms with Crippen molar-refractivity contribution in [2.75, 3.05) is 0 Å². The van der Waals surface area contributed by atoms with Crippen LogP contribution in [-0.2, 0) is 11.4 Å². The molecule has 0 aliphatic carbocycles. The molecule has 3 aromatic rings. The van der Waals surface area contributed by atoms with E-state index in [4.69, 9.17) is 10.5 Å². The zero-order valence-corrected chi connectivity index (χ0v) is 12.0. The molecule has 1 heterocycles. The largest absolute Gasteiger partial charge is 0.488 e. The highest BCUT2D eigenvalue weighted by atomic mass is 16.5. The van der Waals surface area contributed by atoms with Crippen molar-refractivity contribution < 1.29 is 9.53 Å². The molecule has 4 nitrogen and oxygen atoms in total. The molecule has 0 bridgehead atoms. The molecular formula is C18H16N2O2. The van der Waals surface area contributed by atoms with E-state index in [0.29, 0.717) is 6.61 Å². The maximum Gasteiger partial charge on any atom is 0.241 e. The third-order valence-corrected chi connectivity index (χ3v) is 3.36. The molecule has 110 valence electrons. The van der Waals surface area contributed by atoms with Gasteiger partial charge < -0.3 is 15.5 Å². The molecule has 0 saturated heterocycles. The van der Waals surface area contributed by atoms with Crippen LogP contribution in [-0.4, -0.2) is 10.9 Å². The highest BCUT2D eigenvalue weighted by Gasteiger charge is 2.08. The summed E-state index contributed by atoms with van der Waals surface area (Å²) in [7, 11) is 0. The number of carbonyl (C=O) groups is 1. The van der Waals surface area contributed by atoms with Crippen LogP contribution in [0.3, 0.4) is 0 Å². The number of nitrogens with one attached hydrogen (secondary N) is 1. The first-order chi connectivity index (χ1) is 10.7. The molecule has 0 atom stereocenters. The van der Waals surface area contributed by atoms with Gasteiger partial charge in [-0.15, -0.1) is 0 Å². The van der Waals surface area contributed by atoms with Crippen LogP contribution in [0.5, 0.6) is 5.75 Å². The average Bonchev–Trinajstić information content (AvgIpc) is 2.96. The van der Waals surface area contributed by atoms with Gasteiger partial charge in [0.15, 0.2) is 0 Å². The van der Waals surface area contributed by atoms with Gasteiger partial charge in [0.2, 0.25) is 5.91 Å². The number of fused-ring (bicyclic) bond motifs is 1. The Morgan fingerprint density at radius 3 is 2.73 bits per heavy atom. The van der Waals surface area contributed by atoms with Gasteiger partial charge in [0.25, 0.3) is 0 Å².